The van der Waals surface area contributed by atoms with E-state index < -0.39 is 0 Å². The van der Waals surface area contributed by atoms with E-state index in [-0.39, 0.29) is 0 Å². The highest BCUT2D eigenvalue weighted by atomic mass is 79.9. The van der Waals surface area contributed by atoms with E-state index in [1.165, 1.54) is 0 Å². The van der Waals surface area contributed by atoms with E-state index in [1.807, 2.05) is 25.1 Å². The molecule has 0 spiro atoms. The molecule has 0 aliphatic carbocycles. The molecule has 8 nitrogen and oxygen atoms in total. The topological polar surface area (TPSA) is 98.1 Å². The van der Waals surface area contributed by atoms with E-state index in [0.29, 0.717) is 21.6 Å². The highest BCUT2D eigenvalue weighted by Crippen LogP contribution is 2.31. The summed E-state index contributed by atoms with van der Waals surface area (Å²) in [7, 11) is 0. The Morgan fingerprint density at radius 1 is 0.900 bits per heavy atom. The monoisotopic (exact) mass is 524 g/mol. The number of aromatic amines is 1. The van der Waals surface area contributed by atoms with Gasteiger partial charge in [-0.25, -0.2) is 4.98 Å². The lowest BCUT2D eigenvalue weighted by Crippen LogP contribution is -2.03. The van der Waals surface area contributed by atoms with Crippen LogP contribution in [0.3, 0.4) is 0 Å². The van der Waals surface area contributed by atoms with Gasteiger partial charge in [0.05, 0.1) is 0 Å². The van der Waals surface area contributed by atoms with Crippen LogP contribution in [-0.2, 0) is 6.54 Å². The van der Waals surface area contributed by atoms with Crippen LogP contribution in [0.5, 0.6) is 0 Å². The van der Waals surface area contributed by atoms with Crippen molar-refractivity contribution in [3.63, 3.8) is 0 Å². The summed E-state index contributed by atoms with van der Waals surface area (Å²) < 4.78 is 3.43. The van der Waals surface area contributed by atoms with Gasteiger partial charge in [0.2, 0.25) is 5.82 Å². The summed E-state index contributed by atoms with van der Waals surface area (Å²) >= 11 is 6.94. The van der Waals surface area contributed by atoms with E-state index in [9.17, 15) is 0 Å². The summed E-state index contributed by atoms with van der Waals surface area (Å²) in [4.78, 5) is 4.64. The maximum absolute atomic E-state index is 4.64. The number of benzene rings is 2. The number of fused-ring (bicyclic) bond motifs is 1. The zero-order valence-electron chi connectivity index (χ0n) is 15.7. The Balaban J connectivity index is 1.50. The fourth-order valence-electron chi connectivity index (χ4n) is 3.47. The van der Waals surface area contributed by atoms with Gasteiger partial charge in [0.25, 0.3) is 0 Å². The first-order valence-electron chi connectivity index (χ1n) is 9.08. The molecule has 30 heavy (non-hydrogen) atoms. The normalized spacial score (nSPS) is 11.3. The van der Waals surface area contributed by atoms with E-state index in [4.69, 9.17) is 0 Å². The summed E-state index contributed by atoms with van der Waals surface area (Å²) in [5.74, 6) is 1.47. The van der Waals surface area contributed by atoms with Crippen molar-refractivity contribution in [1.82, 2.24) is 40.4 Å². The van der Waals surface area contributed by atoms with Crippen LogP contribution in [-0.4, -0.2) is 40.4 Å². The minimum Gasteiger partial charge on any atom is -0.321 e. The zero-order chi connectivity index (χ0) is 20.7. The molecule has 5 rings (SSSR count). The SMILES string of the molecule is Cc1nc2c(Br)nnc(Br)c2n1Cc1ccc(-c2ccccc2-c2nn[nH]n2)cc1. The number of tetrazole rings is 1. The first kappa shape index (κ1) is 19.0. The number of hydrogen-bond donors (Lipinski definition) is 1. The molecule has 10 heteroatoms. The second kappa shape index (κ2) is 7.69. The van der Waals surface area contributed by atoms with Crippen molar-refractivity contribution in [2.75, 3.05) is 0 Å². The Kier molecular flexibility index (Phi) is 4.87. The number of aromatic nitrogens is 8. The Bertz CT molecular complexity index is 1340. The number of imidazole rings is 1. The molecule has 0 saturated heterocycles. The lowest BCUT2D eigenvalue weighted by Gasteiger charge is -2.10. The third kappa shape index (κ3) is 3.31. The van der Waals surface area contributed by atoms with Crippen LogP contribution >= 0.6 is 31.9 Å². The number of aryl methyl sites for hydroxylation is 1. The number of hydrogen-bond acceptors (Lipinski definition) is 6. The van der Waals surface area contributed by atoms with E-state index in [2.05, 4.69) is 103 Å². The van der Waals surface area contributed by atoms with E-state index >= 15 is 0 Å². The van der Waals surface area contributed by atoms with E-state index in [0.717, 1.165) is 39.1 Å². The van der Waals surface area contributed by atoms with Gasteiger partial charge in [-0.05, 0) is 60.7 Å². The van der Waals surface area contributed by atoms with Crippen molar-refractivity contribution in [3.8, 4) is 22.5 Å². The maximum Gasteiger partial charge on any atom is 0.205 e. The number of H-pyrrole nitrogens is 1. The Hall–Kier alpha value is -2.98. The van der Waals surface area contributed by atoms with Crippen LogP contribution in [0.2, 0.25) is 0 Å². The van der Waals surface area contributed by atoms with Gasteiger partial charge >= 0.3 is 0 Å². The molecular formula is C20H14Br2N8. The molecule has 3 aromatic heterocycles. The van der Waals surface area contributed by atoms with Gasteiger partial charge in [-0.3, -0.25) is 0 Å². The van der Waals surface area contributed by atoms with Crippen molar-refractivity contribution in [2.24, 2.45) is 0 Å². The Morgan fingerprint density at radius 3 is 2.37 bits per heavy atom. The molecule has 0 amide bonds. The Morgan fingerprint density at radius 2 is 1.63 bits per heavy atom. The summed E-state index contributed by atoms with van der Waals surface area (Å²) in [5, 5.41) is 22.6. The minimum absolute atomic E-state index is 0.576. The molecule has 0 fully saturated rings. The molecule has 0 atom stereocenters. The highest BCUT2D eigenvalue weighted by Gasteiger charge is 2.16. The molecule has 0 bridgehead atoms. The van der Waals surface area contributed by atoms with Crippen LogP contribution in [0, 0.1) is 6.92 Å². The Labute approximate surface area is 188 Å². The lowest BCUT2D eigenvalue weighted by molar-refractivity contribution is 0.782. The van der Waals surface area contributed by atoms with Gasteiger partial charge in [-0.2, -0.15) is 5.21 Å². The fraction of sp³-hybridized carbons (Fsp3) is 0.100. The quantitative estimate of drug-likeness (QED) is 0.369. The maximum atomic E-state index is 4.64. The smallest absolute Gasteiger partial charge is 0.205 e. The standard InChI is InChI=1S/C20H14Br2N8/c1-11-23-16-17(19(22)25-24-18(16)21)30(11)10-12-6-8-13(9-7-12)14-4-2-3-5-15(14)20-26-28-29-27-20/h2-9H,10H2,1H3,(H,26,27,28,29). The van der Waals surface area contributed by atoms with Gasteiger partial charge in [0, 0.05) is 12.1 Å². The molecule has 5 aromatic rings. The predicted octanol–water partition coefficient (Wildman–Crippen LogP) is 4.56. The van der Waals surface area contributed by atoms with Crippen LogP contribution in [0.4, 0.5) is 0 Å². The van der Waals surface area contributed by atoms with E-state index in [1.54, 1.807) is 0 Å². The number of rotatable bonds is 4. The van der Waals surface area contributed by atoms with Crippen molar-refractivity contribution < 1.29 is 0 Å². The van der Waals surface area contributed by atoms with Crippen LogP contribution in [0.25, 0.3) is 33.5 Å². The molecule has 0 aliphatic heterocycles. The summed E-state index contributed by atoms with van der Waals surface area (Å²) in [5.41, 5.74) is 5.93. The average molecular weight is 526 g/mol. The minimum atomic E-state index is 0.576. The molecule has 3 heterocycles. The summed E-state index contributed by atoms with van der Waals surface area (Å²) in [6.07, 6.45) is 0. The first-order chi connectivity index (χ1) is 14.6. The molecule has 0 saturated carbocycles. The zero-order valence-corrected chi connectivity index (χ0v) is 18.9. The second-order valence-corrected chi connectivity index (χ2v) is 8.20. The molecule has 0 unspecified atom stereocenters. The number of nitrogens with one attached hydrogen (secondary N) is 1. The summed E-state index contributed by atoms with van der Waals surface area (Å²) in [6, 6.07) is 16.5. The fourth-order valence-corrected chi connectivity index (χ4v) is 4.31. The lowest BCUT2D eigenvalue weighted by atomic mass is 9.98. The third-order valence-corrected chi connectivity index (χ3v) is 5.96. The highest BCUT2D eigenvalue weighted by molar-refractivity contribution is 9.11. The van der Waals surface area contributed by atoms with Gasteiger partial charge in [0.15, 0.2) is 9.21 Å². The molecule has 2 aromatic carbocycles. The number of nitrogens with zero attached hydrogens (tertiary/aromatic N) is 7. The molecular weight excluding hydrogens is 512 g/mol. The molecule has 0 aliphatic rings. The molecule has 148 valence electrons. The molecule has 0 radical (unpaired) electrons. The molecule has 1 N–H and O–H groups in total. The largest absolute Gasteiger partial charge is 0.321 e. The van der Waals surface area contributed by atoms with Gasteiger partial charge in [-0.1, -0.05) is 48.5 Å². The average Bonchev–Trinajstić information content (AvgIpc) is 3.41. The van der Waals surface area contributed by atoms with Crippen molar-refractivity contribution >= 4 is 42.9 Å². The van der Waals surface area contributed by atoms with Crippen LogP contribution in [0.15, 0.2) is 57.7 Å². The predicted molar refractivity (Wildman–Crippen MR) is 120 cm³/mol. The van der Waals surface area contributed by atoms with Crippen LogP contribution < -0.4 is 0 Å². The second-order valence-electron chi connectivity index (χ2n) is 6.70. The first-order valence-corrected chi connectivity index (χ1v) is 10.7. The van der Waals surface area contributed by atoms with Crippen molar-refractivity contribution in [1.29, 1.82) is 0 Å². The number of halogens is 2. The van der Waals surface area contributed by atoms with Crippen molar-refractivity contribution in [2.45, 2.75) is 13.5 Å². The van der Waals surface area contributed by atoms with Crippen LogP contribution in [0.1, 0.15) is 11.4 Å². The van der Waals surface area contributed by atoms with Gasteiger partial charge in [0.1, 0.15) is 16.9 Å². The summed E-state index contributed by atoms with van der Waals surface area (Å²) in [6.45, 7) is 2.65. The van der Waals surface area contributed by atoms with Gasteiger partial charge in [-0.15, -0.1) is 20.4 Å². The third-order valence-electron chi connectivity index (χ3n) is 4.89. The van der Waals surface area contributed by atoms with Crippen molar-refractivity contribution in [3.05, 3.63) is 69.1 Å². The van der Waals surface area contributed by atoms with Gasteiger partial charge < -0.3 is 4.57 Å².